The van der Waals surface area contributed by atoms with Crippen molar-refractivity contribution in [3.63, 3.8) is 0 Å². The minimum atomic E-state index is -0.156. The molecule has 0 aromatic rings. The maximum Gasteiger partial charge on any atom is 0.223 e. The van der Waals surface area contributed by atoms with E-state index in [4.69, 9.17) is 0 Å². The van der Waals surface area contributed by atoms with Crippen molar-refractivity contribution in [3.8, 4) is 0 Å². The molecule has 6 heteroatoms. The molecule has 6 nitrogen and oxygen atoms in total. The second kappa shape index (κ2) is 7.61. The van der Waals surface area contributed by atoms with Crippen LogP contribution in [0.15, 0.2) is 0 Å². The molecule has 22 heavy (non-hydrogen) atoms. The van der Waals surface area contributed by atoms with Crippen molar-refractivity contribution < 1.29 is 14.4 Å². The first-order valence-electron chi connectivity index (χ1n) is 8.29. The molecule has 0 aromatic carbocycles. The van der Waals surface area contributed by atoms with Gasteiger partial charge in [-0.05, 0) is 26.2 Å². The molecular formula is C16H27N3O3. The van der Waals surface area contributed by atoms with Crippen LogP contribution in [0.1, 0.15) is 51.9 Å². The lowest BCUT2D eigenvalue weighted by Crippen LogP contribution is -2.49. The van der Waals surface area contributed by atoms with E-state index in [0.29, 0.717) is 19.4 Å². The fraction of sp³-hybridized carbons (Fsp3) is 0.812. The summed E-state index contributed by atoms with van der Waals surface area (Å²) < 4.78 is 0. The van der Waals surface area contributed by atoms with Gasteiger partial charge >= 0.3 is 0 Å². The van der Waals surface area contributed by atoms with E-state index in [1.165, 1.54) is 0 Å². The summed E-state index contributed by atoms with van der Waals surface area (Å²) in [7, 11) is 1.76. The number of carbonyl (C=O) groups excluding carboxylic acids is 3. The minimum Gasteiger partial charge on any atom is -0.353 e. The summed E-state index contributed by atoms with van der Waals surface area (Å²) in [4.78, 5) is 37.1. The van der Waals surface area contributed by atoms with E-state index < -0.39 is 0 Å². The van der Waals surface area contributed by atoms with Gasteiger partial charge in [0.05, 0.1) is 0 Å². The fourth-order valence-electron chi connectivity index (χ4n) is 3.29. The molecule has 2 rings (SSSR count). The van der Waals surface area contributed by atoms with Gasteiger partial charge in [-0.3, -0.25) is 14.4 Å². The molecule has 3 amide bonds. The minimum absolute atomic E-state index is 0.0212. The number of piperidine rings is 1. The molecule has 1 saturated carbocycles. The monoisotopic (exact) mass is 309 g/mol. The highest BCUT2D eigenvalue weighted by Crippen LogP contribution is 2.24. The summed E-state index contributed by atoms with van der Waals surface area (Å²) >= 11 is 0. The molecule has 0 aromatic heterocycles. The molecule has 0 unspecified atom stereocenters. The van der Waals surface area contributed by atoms with Gasteiger partial charge in [-0.15, -0.1) is 0 Å². The normalized spacial score (nSPS) is 24.2. The van der Waals surface area contributed by atoms with E-state index in [0.717, 1.165) is 25.7 Å². The lowest BCUT2D eigenvalue weighted by Gasteiger charge is -2.30. The second-order valence-corrected chi connectivity index (χ2v) is 6.67. The van der Waals surface area contributed by atoms with Crippen LogP contribution in [0.5, 0.6) is 0 Å². The Hall–Kier alpha value is -1.59. The van der Waals surface area contributed by atoms with Crippen molar-refractivity contribution in [1.29, 1.82) is 0 Å². The number of carbonyl (C=O) groups is 3. The molecular weight excluding hydrogens is 282 g/mol. The highest BCUT2D eigenvalue weighted by molar-refractivity contribution is 5.82. The Bertz CT molecular complexity index is 432. The summed E-state index contributed by atoms with van der Waals surface area (Å²) in [6.45, 7) is 2.43. The molecule has 124 valence electrons. The maximum atomic E-state index is 12.0. The summed E-state index contributed by atoms with van der Waals surface area (Å²) in [5.74, 6) is 0.277. The molecule has 2 aliphatic rings. The van der Waals surface area contributed by atoms with Crippen molar-refractivity contribution >= 4 is 17.7 Å². The average molecular weight is 309 g/mol. The first kappa shape index (κ1) is 16.8. The van der Waals surface area contributed by atoms with Gasteiger partial charge in [0.1, 0.15) is 0 Å². The predicted octanol–water partition coefficient (Wildman–Crippen LogP) is 0.808. The fourth-order valence-corrected chi connectivity index (χ4v) is 3.29. The van der Waals surface area contributed by atoms with Gasteiger partial charge < -0.3 is 15.5 Å². The Morgan fingerprint density at radius 2 is 1.95 bits per heavy atom. The number of nitrogens with one attached hydrogen (secondary N) is 2. The highest BCUT2D eigenvalue weighted by atomic mass is 16.2. The second-order valence-electron chi connectivity index (χ2n) is 6.67. The zero-order valence-corrected chi connectivity index (χ0v) is 13.6. The van der Waals surface area contributed by atoms with E-state index in [1.54, 1.807) is 11.9 Å². The van der Waals surface area contributed by atoms with Crippen LogP contribution in [-0.2, 0) is 14.4 Å². The van der Waals surface area contributed by atoms with Gasteiger partial charge in [-0.2, -0.15) is 0 Å². The molecule has 0 spiro atoms. The Morgan fingerprint density at radius 1 is 1.27 bits per heavy atom. The lowest BCUT2D eigenvalue weighted by atomic mass is 10.0. The largest absolute Gasteiger partial charge is 0.353 e. The third kappa shape index (κ3) is 4.71. The third-order valence-corrected chi connectivity index (χ3v) is 4.60. The molecule has 0 bridgehead atoms. The van der Waals surface area contributed by atoms with Gasteiger partial charge in [0, 0.05) is 44.4 Å². The van der Waals surface area contributed by atoms with Gasteiger partial charge in [-0.25, -0.2) is 0 Å². The van der Waals surface area contributed by atoms with Crippen LogP contribution in [0, 0.1) is 5.92 Å². The molecule has 2 N–H and O–H groups in total. The quantitative estimate of drug-likeness (QED) is 0.789. The van der Waals surface area contributed by atoms with Crippen LogP contribution in [0.2, 0.25) is 0 Å². The Balaban J connectivity index is 1.69. The topological polar surface area (TPSA) is 78.5 Å². The van der Waals surface area contributed by atoms with Gasteiger partial charge in [0.2, 0.25) is 17.7 Å². The van der Waals surface area contributed by atoms with Crippen molar-refractivity contribution in [2.24, 2.45) is 5.92 Å². The summed E-state index contributed by atoms with van der Waals surface area (Å²) in [6.07, 6.45) is 5.64. The number of rotatable bonds is 5. The number of amides is 3. The predicted molar refractivity (Wildman–Crippen MR) is 83.0 cm³/mol. The van der Waals surface area contributed by atoms with E-state index in [1.807, 2.05) is 6.92 Å². The summed E-state index contributed by atoms with van der Waals surface area (Å²) in [5.41, 5.74) is 0. The van der Waals surface area contributed by atoms with Gasteiger partial charge in [0.25, 0.3) is 0 Å². The zero-order valence-electron chi connectivity index (χ0n) is 13.6. The van der Waals surface area contributed by atoms with Crippen molar-refractivity contribution in [2.75, 3.05) is 13.6 Å². The SMILES string of the molecule is C[C@H](CC(=O)N[C@@H]1CCC(=O)N(C)C1)NC(=O)C1CCCC1. The zero-order chi connectivity index (χ0) is 16.1. The summed E-state index contributed by atoms with van der Waals surface area (Å²) in [6, 6.07) is -0.135. The van der Waals surface area contributed by atoms with Crippen LogP contribution < -0.4 is 10.6 Å². The molecule has 1 saturated heterocycles. The number of nitrogens with zero attached hydrogens (tertiary/aromatic N) is 1. The van der Waals surface area contributed by atoms with E-state index >= 15 is 0 Å². The molecule has 1 heterocycles. The number of likely N-dealkylation sites (N-methyl/N-ethyl adjacent to an activating group) is 1. The smallest absolute Gasteiger partial charge is 0.223 e. The van der Waals surface area contributed by atoms with Gasteiger partial charge in [0.15, 0.2) is 0 Å². The van der Waals surface area contributed by atoms with Crippen molar-refractivity contribution in [2.45, 2.75) is 64.0 Å². The molecule has 0 radical (unpaired) electrons. The molecule has 2 atom stereocenters. The number of hydrogen-bond acceptors (Lipinski definition) is 3. The van der Waals surface area contributed by atoms with Crippen molar-refractivity contribution in [3.05, 3.63) is 0 Å². The molecule has 1 aliphatic heterocycles. The van der Waals surface area contributed by atoms with Crippen LogP contribution in [0.4, 0.5) is 0 Å². The Morgan fingerprint density at radius 3 is 2.59 bits per heavy atom. The van der Waals surface area contributed by atoms with Gasteiger partial charge in [-0.1, -0.05) is 12.8 Å². The first-order valence-corrected chi connectivity index (χ1v) is 8.29. The number of hydrogen-bond donors (Lipinski definition) is 2. The number of likely N-dealkylation sites (tertiary alicyclic amines) is 1. The summed E-state index contributed by atoms with van der Waals surface area (Å²) in [5, 5.41) is 5.90. The van der Waals surface area contributed by atoms with Crippen molar-refractivity contribution in [1.82, 2.24) is 15.5 Å². The first-order chi connectivity index (χ1) is 10.5. The van der Waals surface area contributed by atoms with E-state index in [2.05, 4.69) is 10.6 Å². The van der Waals surface area contributed by atoms with E-state index in [9.17, 15) is 14.4 Å². The standard InChI is InChI=1S/C16H27N3O3/c1-11(17-16(22)12-5-3-4-6-12)9-14(20)18-13-7-8-15(21)19(2)10-13/h11-13H,3-10H2,1-2H3,(H,17,22)(H,18,20)/t11-,13-/m1/s1. The van der Waals surface area contributed by atoms with Crippen LogP contribution in [-0.4, -0.2) is 48.3 Å². The van der Waals surface area contributed by atoms with Crippen LogP contribution >= 0.6 is 0 Å². The lowest BCUT2D eigenvalue weighted by molar-refractivity contribution is -0.134. The third-order valence-electron chi connectivity index (χ3n) is 4.60. The average Bonchev–Trinajstić information content (AvgIpc) is 2.96. The molecule has 1 aliphatic carbocycles. The van der Waals surface area contributed by atoms with Crippen LogP contribution in [0.3, 0.4) is 0 Å². The Labute approximate surface area is 132 Å². The maximum absolute atomic E-state index is 12.0. The van der Waals surface area contributed by atoms with Crippen LogP contribution in [0.25, 0.3) is 0 Å². The van der Waals surface area contributed by atoms with E-state index in [-0.39, 0.29) is 42.1 Å². The molecule has 2 fully saturated rings. The highest BCUT2D eigenvalue weighted by Gasteiger charge is 2.26. The Kier molecular flexibility index (Phi) is 5.80.